The molecule has 3 N–H and O–H groups in total. The van der Waals surface area contributed by atoms with Crippen molar-refractivity contribution in [2.24, 2.45) is 0 Å². The van der Waals surface area contributed by atoms with Crippen molar-refractivity contribution in [3.05, 3.63) is 82.9 Å². The molecule has 8 heteroatoms. The number of fused-ring (bicyclic) bond motifs is 6. The summed E-state index contributed by atoms with van der Waals surface area (Å²) in [6, 6.07) is 16.6. The number of carbonyl (C=O) groups is 3. The maximum absolute atomic E-state index is 12.5. The minimum absolute atomic E-state index is 0.0371. The van der Waals surface area contributed by atoms with Gasteiger partial charge < -0.3 is 19.7 Å². The van der Waals surface area contributed by atoms with Crippen LogP contribution in [0.3, 0.4) is 0 Å². The van der Waals surface area contributed by atoms with Gasteiger partial charge in [-0.05, 0) is 30.3 Å². The van der Waals surface area contributed by atoms with Crippen LogP contribution in [0.15, 0.2) is 60.7 Å². The van der Waals surface area contributed by atoms with Gasteiger partial charge in [-0.1, -0.05) is 18.2 Å². The highest BCUT2D eigenvalue weighted by Gasteiger charge is 2.53. The third-order valence-electron chi connectivity index (χ3n) is 5.54. The second-order valence-corrected chi connectivity index (χ2v) is 7.55. The van der Waals surface area contributed by atoms with E-state index >= 15 is 0 Å². The van der Waals surface area contributed by atoms with E-state index in [0.29, 0.717) is 46.6 Å². The maximum Gasteiger partial charge on any atom is 0.340 e. The number of benzene rings is 3. The van der Waals surface area contributed by atoms with Gasteiger partial charge in [0, 0.05) is 41.7 Å². The van der Waals surface area contributed by atoms with Crippen molar-refractivity contribution in [1.29, 1.82) is 0 Å². The second kappa shape index (κ2) is 7.12. The van der Waals surface area contributed by atoms with Crippen LogP contribution in [0, 0.1) is 0 Å². The molecule has 1 spiro atoms. The molecule has 6 rings (SSSR count). The van der Waals surface area contributed by atoms with Crippen molar-refractivity contribution >= 4 is 17.8 Å². The number of nitrogens with one attached hydrogen (secondary N) is 1. The monoisotopic (exact) mass is 431 g/mol. The number of phenolic OH excluding ortho intramolecular Hbond substituents is 2. The van der Waals surface area contributed by atoms with Gasteiger partial charge >= 0.3 is 5.97 Å². The van der Waals surface area contributed by atoms with E-state index in [1.165, 1.54) is 24.3 Å². The molecule has 0 atom stereocenters. The molecule has 0 unspecified atom stereocenters. The lowest BCUT2D eigenvalue weighted by molar-refractivity contribution is -0.124. The molecule has 0 radical (unpaired) electrons. The average molecular weight is 431 g/mol. The molecule has 8 nitrogen and oxygen atoms in total. The fourth-order valence-electron chi connectivity index (χ4n) is 4.16. The van der Waals surface area contributed by atoms with E-state index in [1.807, 2.05) is 12.1 Å². The lowest BCUT2D eigenvalue weighted by Crippen LogP contribution is -2.32. The van der Waals surface area contributed by atoms with E-state index < -0.39 is 11.6 Å². The molecule has 0 aromatic heterocycles. The first-order valence-electron chi connectivity index (χ1n) is 9.89. The SMILES string of the molecule is O=C1CCC(=O)N1.O=C1OC2(c3ccc(O)cc3Oc3cc(O)ccc32)c2ccccc21. The summed E-state index contributed by atoms with van der Waals surface area (Å²) in [5.74, 6) is 0.112. The lowest BCUT2D eigenvalue weighted by Gasteiger charge is -2.36. The summed E-state index contributed by atoms with van der Waals surface area (Å²) in [6.07, 6.45) is 0.748. The molecule has 1 saturated heterocycles. The van der Waals surface area contributed by atoms with Crippen LogP contribution in [-0.2, 0) is 19.9 Å². The van der Waals surface area contributed by atoms with Gasteiger partial charge in [0.25, 0.3) is 0 Å². The van der Waals surface area contributed by atoms with Gasteiger partial charge in [-0.15, -0.1) is 0 Å². The summed E-state index contributed by atoms with van der Waals surface area (Å²) in [6.45, 7) is 0. The summed E-state index contributed by atoms with van der Waals surface area (Å²) in [5.41, 5.74) is 1.28. The molecule has 160 valence electrons. The number of rotatable bonds is 0. The van der Waals surface area contributed by atoms with Crippen LogP contribution in [0.5, 0.6) is 23.0 Å². The first kappa shape index (κ1) is 19.6. The molecule has 3 aromatic rings. The Morgan fingerprint density at radius 2 is 1.31 bits per heavy atom. The normalized spacial score (nSPS) is 16.7. The summed E-state index contributed by atoms with van der Waals surface area (Å²) < 4.78 is 11.8. The number of amides is 2. The molecule has 0 bridgehead atoms. The highest BCUT2D eigenvalue weighted by Crippen LogP contribution is 2.56. The Labute approximate surface area is 182 Å². The van der Waals surface area contributed by atoms with E-state index in [9.17, 15) is 24.6 Å². The number of phenols is 2. The lowest BCUT2D eigenvalue weighted by atomic mass is 9.77. The summed E-state index contributed by atoms with van der Waals surface area (Å²) in [4.78, 5) is 32.8. The molecule has 1 fully saturated rings. The number of hydrogen-bond acceptors (Lipinski definition) is 7. The third kappa shape index (κ3) is 2.96. The van der Waals surface area contributed by atoms with Gasteiger partial charge in [0.15, 0.2) is 5.60 Å². The predicted molar refractivity (Wildman–Crippen MR) is 110 cm³/mol. The molecular formula is C24H17NO7. The van der Waals surface area contributed by atoms with Crippen molar-refractivity contribution in [1.82, 2.24) is 5.32 Å². The highest BCUT2D eigenvalue weighted by atomic mass is 16.6. The number of hydrogen-bond donors (Lipinski definition) is 3. The largest absolute Gasteiger partial charge is 0.508 e. The van der Waals surface area contributed by atoms with Crippen LogP contribution < -0.4 is 10.1 Å². The van der Waals surface area contributed by atoms with E-state index in [-0.39, 0.29) is 23.3 Å². The van der Waals surface area contributed by atoms with Crippen molar-refractivity contribution < 1.29 is 34.1 Å². The third-order valence-corrected chi connectivity index (χ3v) is 5.54. The average Bonchev–Trinajstić information content (AvgIpc) is 3.28. The van der Waals surface area contributed by atoms with Gasteiger partial charge in [-0.2, -0.15) is 0 Å². The van der Waals surface area contributed by atoms with Gasteiger partial charge in [0.2, 0.25) is 11.8 Å². The fraction of sp³-hybridized carbons (Fsp3) is 0.125. The number of carbonyl (C=O) groups excluding carboxylic acids is 3. The Bertz CT molecular complexity index is 1230. The second-order valence-electron chi connectivity index (χ2n) is 7.55. The summed E-state index contributed by atoms with van der Waals surface area (Å²) >= 11 is 0. The molecular weight excluding hydrogens is 414 g/mol. The van der Waals surface area contributed by atoms with Crippen molar-refractivity contribution in [2.75, 3.05) is 0 Å². The summed E-state index contributed by atoms with van der Waals surface area (Å²) in [5, 5.41) is 21.8. The van der Waals surface area contributed by atoms with Crippen LogP contribution >= 0.6 is 0 Å². The fourth-order valence-corrected chi connectivity index (χ4v) is 4.16. The van der Waals surface area contributed by atoms with E-state index in [2.05, 4.69) is 5.32 Å². The summed E-state index contributed by atoms with van der Waals surface area (Å²) in [7, 11) is 0. The van der Waals surface area contributed by atoms with Crippen LogP contribution in [0.25, 0.3) is 0 Å². The number of aromatic hydroxyl groups is 2. The van der Waals surface area contributed by atoms with E-state index in [4.69, 9.17) is 9.47 Å². The van der Waals surface area contributed by atoms with Crippen molar-refractivity contribution in [3.63, 3.8) is 0 Å². The molecule has 3 aliphatic heterocycles. The molecule has 32 heavy (non-hydrogen) atoms. The predicted octanol–water partition coefficient (Wildman–Crippen LogP) is 3.09. The zero-order chi connectivity index (χ0) is 22.5. The minimum atomic E-state index is -1.17. The van der Waals surface area contributed by atoms with Crippen LogP contribution in [0.4, 0.5) is 0 Å². The van der Waals surface area contributed by atoms with Gasteiger partial charge in [-0.25, -0.2) is 4.79 Å². The molecule has 3 aromatic carbocycles. The number of ether oxygens (including phenoxy) is 2. The van der Waals surface area contributed by atoms with Crippen molar-refractivity contribution in [2.45, 2.75) is 18.4 Å². The molecule has 0 saturated carbocycles. The first-order chi connectivity index (χ1) is 15.4. The van der Waals surface area contributed by atoms with E-state index in [1.54, 1.807) is 24.3 Å². The zero-order valence-electron chi connectivity index (χ0n) is 16.6. The van der Waals surface area contributed by atoms with Gasteiger partial charge in [0.05, 0.1) is 5.56 Å². The first-order valence-corrected chi connectivity index (χ1v) is 9.89. The Hall–Kier alpha value is -4.33. The van der Waals surface area contributed by atoms with Crippen LogP contribution in [0.2, 0.25) is 0 Å². The molecule has 3 heterocycles. The minimum Gasteiger partial charge on any atom is -0.508 e. The quantitative estimate of drug-likeness (QED) is 0.369. The number of esters is 1. The number of imide groups is 1. The van der Waals surface area contributed by atoms with Crippen LogP contribution in [-0.4, -0.2) is 28.0 Å². The standard InChI is InChI=1S/C20H12O5.C4H5NO2/c21-11-5-7-15-17(9-11)24-18-10-12(22)6-8-16(18)20(15)14-4-2-1-3-13(14)19(23)25-20;6-3-1-2-4(7)5-3/h1-10,21-22H;1-2H2,(H,5,6,7). The van der Waals surface area contributed by atoms with Crippen LogP contribution in [0.1, 0.15) is 39.9 Å². The Morgan fingerprint density at radius 1 is 0.750 bits per heavy atom. The van der Waals surface area contributed by atoms with Gasteiger partial charge in [0.1, 0.15) is 23.0 Å². The Kier molecular flexibility index (Phi) is 4.37. The Balaban J connectivity index is 0.000000265. The van der Waals surface area contributed by atoms with Gasteiger partial charge in [-0.3, -0.25) is 14.9 Å². The Morgan fingerprint density at radius 3 is 1.84 bits per heavy atom. The van der Waals surface area contributed by atoms with Crippen molar-refractivity contribution in [3.8, 4) is 23.0 Å². The maximum atomic E-state index is 12.5. The zero-order valence-corrected chi connectivity index (χ0v) is 16.6. The smallest absolute Gasteiger partial charge is 0.340 e. The molecule has 2 amide bonds. The molecule has 0 aliphatic carbocycles. The topological polar surface area (TPSA) is 122 Å². The molecule has 3 aliphatic rings. The van der Waals surface area contributed by atoms with E-state index in [0.717, 1.165) is 0 Å². The highest BCUT2D eigenvalue weighted by molar-refractivity contribution is 6.01.